The van der Waals surface area contributed by atoms with Crippen molar-refractivity contribution in [3.8, 4) is 5.75 Å². The fraction of sp³-hybridized carbons (Fsp3) is 0.235. The molecule has 1 amide bonds. The van der Waals surface area contributed by atoms with E-state index in [2.05, 4.69) is 5.32 Å². The van der Waals surface area contributed by atoms with Crippen LogP contribution in [0.1, 0.15) is 24.1 Å². The van der Waals surface area contributed by atoms with Crippen LogP contribution < -0.4 is 10.1 Å². The molecule has 0 saturated carbocycles. The number of amides is 1. The monoisotopic (exact) mass is 339 g/mol. The summed E-state index contributed by atoms with van der Waals surface area (Å²) in [6.45, 7) is 3.33. The summed E-state index contributed by atoms with van der Waals surface area (Å²) in [6.07, 6.45) is 0. The Morgan fingerprint density at radius 1 is 1.22 bits per heavy atom. The largest absolute Gasteiger partial charge is 0.484 e. The molecule has 23 heavy (non-hydrogen) atoms. The van der Waals surface area contributed by atoms with Gasteiger partial charge in [-0.15, -0.1) is 0 Å². The predicted molar refractivity (Wildman–Crippen MR) is 84.6 cm³/mol. The molecule has 0 aromatic heterocycles. The highest BCUT2D eigenvalue weighted by atomic mass is 35.5. The molecule has 2 rings (SSSR count). The molecule has 0 aliphatic heterocycles. The van der Waals surface area contributed by atoms with Crippen LogP contribution in [0, 0.1) is 18.6 Å². The summed E-state index contributed by atoms with van der Waals surface area (Å²) in [5.74, 6) is -1.71. The molecule has 1 unspecified atom stereocenters. The van der Waals surface area contributed by atoms with Crippen LogP contribution in [0.2, 0.25) is 5.02 Å². The third-order valence-corrected chi connectivity index (χ3v) is 3.74. The van der Waals surface area contributed by atoms with Gasteiger partial charge in [0.15, 0.2) is 18.2 Å². The van der Waals surface area contributed by atoms with Crippen molar-refractivity contribution in [3.63, 3.8) is 0 Å². The fourth-order valence-electron chi connectivity index (χ4n) is 2.00. The van der Waals surface area contributed by atoms with Crippen LogP contribution in [0.4, 0.5) is 8.78 Å². The van der Waals surface area contributed by atoms with Crippen LogP contribution in [0.3, 0.4) is 0 Å². The molecule has 122 valence electrons. The molecule has 1 atom stereocenters. The Hall–Kier alpha value is -2.14. The number of nitrogens with one attached hydrogen (secondary N) is 1. The van der Waals surface area contributed by atoms with Crippen LogP contribution in [-0.2, 0) is 4.79 Å². The predicted octanol–water partition coefficient (Wildman–Crippen LogP) is 4.18. The maximum atomic E-state index is 13.2. The zero-order valence-corrected chi connectivity index (χ0v) is 13.5. The zero-order chi connectivity index (χ0) is 17.0. The molecule has 0 bridgehead atoms. The van der Waals surface area contributed by atoms with Crippen molar-refractivity contribution >= 4 is 17.5 Å². The average Bonchev–Trinajstić information content (AvgIpc) is 2.51. The van der Waals surface area contributed by atoms with Gasteiger partial charge in [0, 0.05) is 5.02 Å². The quantitative estimate of drug-likeness (QED) is 0.887. The van der Waals surface area contributed by atoms with Gasteiger partial charge in [0.25, 0.3) is 5.91 Å². The SMILES string of the molecule is Cc1cc(OCC(=O)NC(C)c2ccc(F)c(F)c2)ccc1Cl. The lowest BCUT2D eigenvalue weighted by Crippen LogP contribution is -2.31. The molecule has 0 aliphatic rings. The van der Waals surface area contributed by atoms with Crippen molar-refractivity contribution in [2.45, 2.75) is 19.9 Å². The van der Waals surface area contributed by atoms with Gasteiger partial charge in [0.05, 0.1) is 6.04 Å². The van der Waals surface area contributed by atoms with Crippen molar-refractivity contribution in [3.05, 3.63) is 64.2 Å². The lowest BCUT2D eigenvalue weighted by atomic mass is 10.1. The fourth-order valence-corrected chi connectivity index (χ4v) is 2.12. The van der Waals surface area contributed by atoms with Gasteiger partial charge in [-0.1, -0.05) is 17.7 Å². The molecule has 6 heteroatoms. The second-order valence-electron chi connectivity index (χ2n) is 5.16. The van der Waals surface area contributed by atoms with E-state index >= 15 is 0 Å². The van der Waals surface area contributed by atoms with Gasteiger partial charge < -0.3 is 10.1 Å². The smallest absolute Gasteiger partial charge is 0.258 e. The van der Waals surface area contributed by atoms with E-state index in [4.69, 9.17) is 16.3 Å². The van der Waals surface area contributed by atoms with E-state index in [9.17, 15) is 13.6 Å². The minimum absolute atomic E-state index is 0.185. The van der Waals surface area contributed by atoms with E-state index in [0.717, 1.165) is 17.7 Å². The maximum Gasteiger partial charge on any atom is 0.258 e. The van der Waals surface area contributed by atoms with Crippen molar-refractivity contribution in [1.29, 1.82) is 0 Å². The Kier molecular flexibility index (Phi) is 5.55. The van der Waals surface area contributed by atoms with E-state index in [1.165, 1.54) is 6.07 Å². The Labute approximate surface area is 138 Å². The first-order chi connectivity index (χ1) is 10.9. The molecule has 1 N–H and O–H groups in total. The number of hydrogen-bond donors (Lipinski definition) is 1. The first-order valence-electron chi connectivity index (χ1n) is 7.00. The van der Waals surface area contributed by atoms with Crippen LogP contribution in [0.25, 0.3) is 0 Å². The van der Waals surface area contributed by atoms with Crippen LogP contribution in [-0.4, -0.2) is 12.5 Å². The summed E-state index contributed by atoms with van der Waals surface area (Å²) in [6, 6.07) is 8.13. The molecule has 0 fully saturated rings. The topological polar surface area (TPSA) is 38.3 Å². The first kappa shape index (κ1) is 17.2. The third-order valence-electron chi connectivity index (χ3n) is 3.32. The average molecular weight is 340 g/mol. The molecule has 0 saturated heterocycles. The minimum Gasteiger partial charge on any atom is -0.484 e. The number of carbonyl (C=O) groups is 1. The molecule has 0 heterocycles. The maximum absolute atomic E-state index is 13.2. The second-order valence-corrected chi connectivity index (χ2v) is 5.57. The molecular formula is C17H16ClF2NO2. The Balaban J connectivity index is 1.90. The van der Waals surface area contributed by atoms with Gasteiger partial charge in [-0.3, -0.25) is 4.79 Å². The van der Waals surface area contributed by atoms with Crippen LogP contribution in [0.5, 0.6) is 5.75 Å². The molecule has 0 aliphatic carbocycles. The van der Waals surface area contributed by atoms with Gasteiger partial charge >= 0.3 is 0 Å². The number of ether oxygens (including phenoxy) is 1. The van der Waals surface area contributed by atoms with Crippen molar-refractivity contribution in [2.75, 3.05) is 6.61 Å². The van der Waals surface area contributed by atoms with E-state index in [0.29, 0.717) is 16.3 Å². The summed E-state index contributed by atoms with van der Waals surface area (Å²) in [4.78, 5) is 11.9. The number of benzene rings is 2. The lowest BCUT2D eigenvalue weighted by molar-refractivity contribution is -0.123. The number of rotatable bonds is 5. The molecule has 3 nitrogen and oxygen atoms in total. The Morgan fingerprint density at radius 2 is 1.96 bits per heavy atom. The Bertz CT molecular complexity index is 722. The van der Waals surface area contributed by atoms with Crippen molar-refractivity contribution < 1.29 is 18.3 Å². The second kappa shape index (κ2) is 7.42. The van der Waals surface area contributed by atoms with Gasteiger partial charge in [-0.2, -0.15) is 0 Å². The molecular weight excluding hydrogens is 324 g/mol. The first-order valence-corrected chi connectivity index (χ1v) is 7.38. The normalized spacial score (nSPS) is 11.9. The van der Waals surface area contributed by atoms with Gasteiger partial charge in [0.2, 0.25) is 0 Å². The molecule has 0 spiro atoms. The van der Waals surface area contributed by atoms with E-state index < -0.39 is 17.7 Å². The summed E-state index contributed by atoms with van der Waals surface area (Å²) in [5.41, 5.74) is 1.32. The highest BCUT2D eigenvalue weighted by Gasteiger charge is 2.12. The summed E-state index contributed by atoms with van der Waals surface area (Å²) in [7, 11) is 0. The summed E-state index contributed by atoms with van der Waals surface area (Å²) in [5, 5.41) is 3.28. The number of halogens is 3. The van der Waals surface area contributed by atoms with E-state index in [-0.39, 0.29) is 12.5 Å². The van der Waals surface area contributed by atoms with Crippen molar-refractivity contribution in [1.82, 2.24) is 5.32 Å². The molecule has 0 radical (unpaired) electrons. The third kappa shape index (κ3) is 4.66. The van der Waals surface area contributed by atoms with Crippen LogP contribution in [0.15, 0.2) is 36.4 Å². The van der Waals surface area contributed by atoms with Crippen LogP contribution >= 0.6 is 11.6 Å². The van der Waals surface area contributed by atoms with Gasteiger partial charge in [0.1, 0.15) is 5.75 Å². The van der Waals surface area contributed by atoms with E-state index in [1.807, 2.05) is 6.92 Å². The van der Waals surface area contributed by atoms with Crippen molar-refractivity contribution in [2.24, 2.45) is 0 Å². The van der Waals surface area contributed by atoms with Gasteiger partial charge in [-0.25, -0.2) is 8.78 Å². The summed E-state index contributed by atoms with van der Waals surface area (Å²) < 4.78 is 31.5. The van der Waals surface area contributed by atoms with E-state index in [1.54, 1.807) is 25.1 Å². The highest BCUT2D eigenvalue weighted by Crippen LogP contribution is 2.21. The number of carbonyl (C=O) groups excluding carboxylic acids is 1. The standard InChI is InChI=1S/C17H16ClF2NO2/c1-10-7-13(4-5-14(10)18)23-9-17(22)21-11(2)12-3-6-15(19)16(20)8-12/h3-8,11H,9H2,1-2H3,(H,21,22). The highest BCUT2D eigenvalue weighted by molar-refractivity contribution is 6.31. The molecule has 2 aromatic carbocycles. The van der Waals surface area contributed by atoms with Gasteiger partial charge in [-0.05, 0) is 55.3 Å². The summed E-state index contributed by atoms with van der Waals surface area (Å²) >= 11 is 5.91. The molecule has 2 aromatic rings. The zero-order valence-electron chi connectivity index (χ0n) is 12.7. The Morgan fingerprint density at radius 3 is 2.61 bits per heavy atom. The number of hydrogen-bond acceptors (Lipinski definition) is 2. The lowest BCUT2D eigenvalue weighted by Gasteiger charge is -2.15. The number of aryl methyl sites for hydroxylation is 1. The minimum atomic E-state index is -0.948.